The highest BCUT2D eigenvalue weighted by atomic mass is 32.2. The number of fused-ring (bicyclic) bond motifs is 1. The molecule has 148 valence electrons. The third-order valence-corrected chi connectivity index (χ3v) is 7.70. The van der Waals surface area contributed by atoms with E-state index >= 15 is 0 Å². The van der Waals surface area contributed by atoms with Gasteiger partial charge in [0.25, 0.3) is 5.91 Å². The van der Waals surface area contributed by atoms with Gasteiger partial charge < -0.3 is 5.32 Å². The summed E-state index contributed by atoms with van der Waals surface area (Å²) in [6.07, 6.45) is 5.26. The predicted octanol–water partition coefficient (Wildman–Crippen LogP) is 3.45. The maximum Gasteiger partial charge on any atom is 0.251 e. The van der Waals surface area contributed by atoms with Crippen molar-refractivity contribution in [2.24, 2.45) is 0 Å². The lowest BCUT2D eigenvalue weighted by atomic mass is 10.0. The van der Waals surface area contributed by atoms with Crippen molar-refractivity contribution < 1.29 is 13.2 Å². The fourth-order valence-corrected chi connectivity index (χ4v) is 5.60. The summed E-state index contributed by atoms with van der Waals surface area (Å²) in [5.41, 5.74) is 4.36. The Morgan fingerprint density at radius 3 is 2.36 bits per heavy atom. The summed E-state index contributed by atoms with van der Waals surface area (Å²) in [6.45, 7) is 3.12. The van der Waals surface area contributed by atoms with Crippen molar-refractivity contribution in [2.45, 2.75) is 50.0 Å². The third-order valence-electron chi connectivity index (χ3n) is 5.79. The zero-order valence-electron chi connectivity index (χ0n) is 16.1. The Morgan fingerprint density at radius 1 is 0.964 bits per heavy atom. The highest BCUT2D eigenvalue weighted by Crippen LogP contribution is 2.26. The van der Waals surface area contributed by atoms with Crippen LogP contribution in [0.1, 0.15) is 59.3 Å². The standard InChI is InChI=1S/C22H26N2O3S/c1-16(19-8-7-17-5-4-6-20(17)15-19)23-22(25)18-9-11-21(12-10-18)28(26,27)24-13-2-3-14-24/h7-12,15-16H,2-6,13-14H2,1H3,(H,23,25). The Morgan fingerprint density at radius 2 is 1.64 bits per heavy atom. The van der Waals surface area contributed by atoms with Gasteiger partial charge in [-0.15, -0.1) is 0 Å². The van der Waals surface area contributed by atoms with Crippen LogP contribution >= 0.6 is 0 Å². The van der Waals surface area contributed by atoms with Gasteiger partial charge in [-0.25, -0.2) is 8.42 Å². The number of hydrogen-bond acceptors (Lipinski definition) is 3. The second kappa shape index (κ2) is 7.68. The van der Waals surface area contributed by atoms with Gasteiger partial charge in [-0.2, -0.15) is 4.31 Å². The molecule has 0 aromatic heterocycles. The zero-order chi connectivity index (χ0) is 19.7. The van der Waals surface area contributed by atoms with Gasteiger partial charge in [-0.3, -0.25) is 4.79 Å². The number of aryl methyl sites for hydroxylation is 2. The molecule has 28 heavy (non-hydrogen) atoms. The van der Waals surface area contributed by atoms with E-state index in [4.69, 9.17) is 0 Å². The monoisotopic (exact) mass is 398 g/mol. The number of amides is 1. The lowest BCUT2D eigenvalue weighted by molar-refractivity contribution is 0.0939. The lowest BCUT2D eigenvalue weighted by Crippen LogP contribution is -2.28. The summed E-state index contributed by atoms with van der Waals surface area (Å²) >= 11 is 0. The minimum absolute atomic E-state index is 0.105. The van der Waals surface area contributed by atoms with E-state index in [-0.39, 0.29) is 16.8 Å². The first-order valence-electron chi connectivity index (χ1n) is 9.98. The molecule has 1 atom stereocenters. The number of nitrogens with one attached hydrogen (secondary N) is 1. The van der Waals surface area contributed by atoms with Gasteiger partial charge in [0.1, 0.15) is 0 Å². The average molecular weight is 399 g/mol. The van der Waals surface area contributed by atoms with Crippen LogP contribution in [0.25, 0.3) is 0 Å². The van der Waals surface area contributed by atoms with Crippen molar-refractivity contribution in [1.82, 2.24) is 9.62 Å². The van der Waals surface area contributed by atoms with Gasteiger partial charge in [-0.1, -0.05) is 18.2 Å². The molecule has 6 heteroatoms. The molecule has 1 aliphatic heterocycles. The van der Waals surface area contributed by atoms with Gasteiger partial charge in [0, 0.05) is 18.7 Å². The molecule has 1 N–H and O–H groups in total. The van der Waals surface area contributed by atoms with Gasteiger partial charge >= 0.3 is 0 Å². The second-order valence-corrected chi connectivity index (χ2v) is 9.65. The fourth-order valence-electron chi connectivity index (χ4n) is 4.08. The van der Waals surface area contributed by atoms with E-state index in [9.17, 15) is 13.2 Å². The van der Waals surface area contributed by atoms with Crippen LogP contribution in [-0.4, -0.2) is 31.7 Å². The molecule has 0 bridgehead atoms. The first-order chi connectivity index (χ1) is 13.4. The van der Waals surface area contributed by atoms with E-state index in [1.165, 1.54) is 34.0 Å². The summed E-state index contributed by atoms with van der Waals surface area (Å²) in [4.78, 5) is 12.9. The van der Waals surface area contributed by atoms with Gasteiger partial charge in [0.15, 0.2) is 0 Å². The van der Waals surface area contributed by atoms with Crippen LogP contribution < -0.4 is 5.32 Å². The summed E-state index contributed by atoms with van der Waals surface area (Å²) in [5.74, 6) is -0.196. The number of hydrogen-bond donors (Lipinski definition) is 1. The Balaban J connectivity index is 1.45. The highest BCUT2D eigenvalue weighted by molar-refractivity contribution is 7.89. The van der Waals surface area contributed by atoms with Crippen molar-refractivity contribution in [2.75, 3.05) is 13.1 Å². The summed E-state index contributed by atoms with van der Waals surface area (Å²) in [6, 6.07) is 12.6. The van der Waals surface area contributed by atoms with Crippen molar-refractivity contribution in [3.63, 3.8) is 0 Å². The quantitative estimate of drug-likeness (QED) is 0.839. The number of carbonyl (C=O) groups is 1. The number of sulfonamides is 1. The van der Waals surface area contributed by atoms with E-state index in [0.717, 1.165) is 31.2 Å². The molecule has 4 rings (SSSR count). The molecular formula is C22H26N2O3S. The maximum absolute atomic E-state index is 12.6. The molecule has 2 aromatic carbocycles. The van der Waals surface area contributed by atoms with E-state index < -0.39 is 10.0 Å². The van der Waals surface area contributed by atoms with Crippen LogP contribution in [0.4, 0.5) is 0 Å². The smallest absolute Gasteiger partial charge is 0.251 e. The van der Waals surface area contributed by atoms with Crippen LogP contribution in [0.15, 0.2) is 47.4 Å². The third kappa shape index (κ3) is 3.71. The molecule has 2 aliphatic rings. The number of rotatable bonds is 5. The summed E-state index contributed by atoms with van der Waals surface area (Å²) < 4.78 is 26.7. The van der Waals surface area contributed by atoms with Gasteiger partial charge in [0.05, 0.1) is 10.9 Å². The number of benzene rings is 2. The Hall–Kier alpha value is -2.18. The molecule has 0 radical (unpaired) electrons. The minimum Gasteiger partial charge on any atom is -0.346 e. The summed E-state index contributed by atoms with van der Waals surface area (Å²) in [5, 5.41) is 3.02. The average Bonchev–Trinajstić information content (AvgIpc) is 3.39. The lowest BCUT2D eigenvalue weighted by Gasteiger charge is -2.17. The van der Waals surface area contributed by atoms with E-state index in [2.05, 4.69) is 23.5 Å². The van der Waals surface area contributed by atoms with Crippen LogP contribution in [0.5, 0.6) is 0 Å². The molecular weight excluding hydrogens is 372 g/mol. The second-order valence-electron chi connectivity index (χ2n) is 7.71. The molecule has 1 fully saturated rings. The first-order valence-corrected chi connectivity index (χ1v) is 11.4. The van der Waals surface area contributed by atoms with E-state index in [0.29, 0.717) is 18.7 Å². The molecule has 5 nitrogen and oxygen atoms in total. The Kier molecular flexibility index (Phi) is 5.25. The predicted molar refractivity (Wildman–Crippen MR) is 109 cm³/mol. The van der Waals surface area contributed by atoms with Crippen LogP contribution in [0.2, 0.25) is 0 Å². The van der Waals surface area contributed by atoms with E-state index in [1.807, 2.05) is 6.92 Å². The molecule has 1 heterocycles. The minimum atomic E-state index is -3.45. The number of carbonyl (C=O) groups excluding carboxylic acids is 1. The molecule has 0 saturated carbocycles. The summed E-state index contributed by atoms with van der Waals surface area (Å²) in [7, 11) is -3.45. The van der Waals surface area contributed by atoms with Crippen molar-refractivity contribution in [3.8, 4) is 0 Å². The Bertz CT molecular complexity index is 977. The molecule has 2 aromatic rings. The Labute approximate surface area is 166 Å². The van der Waals surface area contributed by atoms with Crippen molar-refractivity contribution >= 4 is 15.9 Å². The molecule has 1 saturated heterocycles. The largest absolute Gasteiger partial charge is 0.346 e. The van der Waals surface area contributed by atoms with Crippen LogP contribution in [0, 0.1) is 0 Å². The molecule has 1 aliphatic carbocycles. The van der Waals surface area contributed by atoms with Crippen molar-refractivity contribution in [1.29, 1.82) is 0 Å². The SMILES string of the molecule is CC(NC(=O)c1ccc(S(=O)(=O)N2CCCC2)cc1)c1ccc2c(c1)CCC2. The highest BCUT2D eigenvalue weighted by Gasteiger charge is 2.27. The van der Waals surface area contributed by atoms with Crippen molar-refractivity contribution in [3.05, 3.63) is 64.7 Å². The molecule has 1 unspecified atom stereocenters. The maximum atomic E-state index is 12.6. The topological polar surface area (TPSA) is 66.5 Å². The fraction of sp³-hybridized carbons (Fsp3) is 0.409. The normalized spacial score (nSPS) is 18.0. The van der Waals surface area contributed by atoms with Gasteiger partial charge in [-0.05, 0) is 80.0 Å². The van der Waals surface area contributed by atoms with Crippen LogP contribution in [-0.2, 0) is 22.9 Å². The van der Waals surface area contributed by atoms with Crippen LogP contribution in [0.3, 0.4) is 0 Å². The first kappa shape index (κ1) is 19.2. The van der Waals surface area contributed by atoms with Gasteiger partial charge in [0.2, 0.25) is 10.0 Å². The zero-order valence-corrected chi connectivity index (χ0v) is 17.0. The van der Waals surface area contributed by atoms with E-state index in [1.54, 1.807) is 12.1 Å². The molecule has 1 amide bonds. The number of nitrogens with zero attached hydrogens (tertiary/aromatic N) is 1. The molecule has 0 spiro atoms.